The number of benzene rings is 1. The van der Waals surface area contributed by atoms with Crippen LogP contribution >= 0.6 is 15.9 Å². The van der Waals surface area contributed by atoms with Crippen molar-refractivity contribution in [3.05, 3.63) is 38.3 Å². The van der Waals surface area contributed by atoms with Crippen molar-refractivity contribution >= 4 is 21.6 Å². The van der Waals surface area contributed by atoms with Crippen LogP contribution in [-0.4, -0.2) is 35.5 Å². The number of halogens is 1. The number of likely N-dealkylation sites (N-methyl/N-ethyl adjacent to an activating group) is 1. The largest absolute Gasteiger partial charge is 0.315 e. The molecule has 1 heterocycles. The predicted molar refractivity (Wildman–Crippen MR) is 78.2 cm³/mol. The molecule has 6 heteroatoms. The van der Waals surface area contributed by atoms with Gasteiger partial charge in [0.1, 0.15) is 0 Å². The van der Waals surface area contributed by atoms with Gasteiger partial charge in [0.2, 0.25) is 0 Å². The molecule has 0 spiro atoms. The topological polar surface area (TPSA) is 58.4 Å². The second kappa shape index (κ2) is 6.45. The molecule has 0 saturated carbocycles. The lowest BCUT2D eigenvalue weighted by Gasteiger charge is -2.26. The van der Waals surface area contributed by atoms with Crippen molar-refractivity contribution < 1.29 is 4.92 Å². The van der Waals surface area contributed by atoms with Gasteiger partial charge in [-0.3, -0.25) is 15.0 Å². The second-order valence-electron chi connectivity index (χ2n) is 4.75. The van der Waals surface area contributed by atoms with Crippen LogP contribution < -0.4 is 5.32 Å². The molecule has 19 heavy (non-hydrogen) atoms. The summed E-state index contributed by atoms with van der Waals surface area (Å²) in [5, 5.41) is 14.3. The quantitative estimate of drug-likeness (QED) is 0.667. The van der Waals surface area contributed by atoms with Gasteiger partial charge in [0, 0.05) is 25.2 Å². The minimum absolute atomic E-state index is 0.137. The Morgan fingerprint density at radius 1 is 1.58 bits per heavy atom. The SMILES string of the molecule is CCN(Cc1ccc(Br)c([N+](=O)[O-])c1)C1CCNC1. The van der Waals surface area contributed by atoms with Gasteiger partial charge in [0.05, 0.1) is 9.40 Å². The average molecular weight is 328 g/mol. The number of nitro groups is 1. The summed E-state index contributed by atoms with van der Waals surface area (Å²) in [6.45, 7) is 5.91. The Labute approximate surface area is 121 Å². The molecule has 1 saturated heterocycles. The van der Waals surface area contributed by atoms with Crippen LogP contribution in [0.5, 0.6) is 0 Å². The third-order valence-corrected chi connectivity index (χ3v) is 4.22. The van der Waals surface area contributed by atoms with E-state index in [2.05, 4.69) is 33.1 Å². The summed E-state index contributed by atoms with van der Waals surface area (Å²) < 4.78 is 0.534. The van der Waals surface area contributed by atoms with E-state index in [0.29, 0.717) is 10.5 Å². The third-order valence-electron chi connectivity index (χ3n) is 3.55. The molecule has 1 aromatic rings. The molecular weight excluding hydrogens is 310 g/mol. The summed E-state index contributed by atoms with van der Waals surface area (Å²) in [4.78, 5) is 13.0. The lowest BCUT2D eigenvalue weighted by Crippen LogP contribution is -2.36. The zero-order chi connectivity index (χ0) is 13.8. The van der Waals surface area contributed by atoms with E-state index in [4.69, 9.17) is 0 Å². The lowest BCUT2D eigenvalue weighted by molar-refractivity contribution is -0.385. The minimum Gasteiger partial charge on any atom is -0.315 e. The fourth-order valence-electron chi connectivity index (χ4n) is 2.48. The second-order valence-corrected chi connectivity index (χ2v) is 5.61. The summed E-state index contributed by atoms with van der Waals surface area (Å²) in [7, 11) is 0. The molecule has 1 aliphatic heterocycles. The molecule has 0 bridgehead atoms. The molecule has 0 aliphatic carbocycles. The first-order chi connectivity index (χ1) is 9.11. The maximum absolute atomic E-state index is 10.9. The summed E-state index contributed by atoms with van der Waals surface area (Å²) in [5.41, 5.74) is 1.13. The summed E-state index contributed by atoms with van der Waals surface area (Å²) in [6, 6.07) is 5.90. The molecule has 0 aromatic heterocycles. The highest BCUT2D eigenvalue weighted by Crippen LogP contribution is 2.26. The number of nitro benzene ring substituents is 1. The molecular formula is C13H18BrN3O2. The maximum Gasteiger partial charge on any atom is 0.283 e. The molecule has 1 N–H and O–H groups in total. The molecule has 104 valence electrons. The zero-order valence-electron chi connectivity index (χ0n) is 10.9. The van der Waals surface area contributed by atoms with Crippen LogP contribution in [0.4, 0.5) is 5.69 Å². The average Bonchev–Trinajstić information content (AvgIpc) is 2.91. The highest BCUT2D eigenvalue weighted by atomic mass is 79.9. The molecule has 0 radical (unpaired) electrons. The van der Waals surface area contributed by atoms with Crippen molar-refractivity contribution in [1.29, 1.82) is 0 Å². The first-order valence-corrected chi connectivity index (χ1v) is 7.28. The zero-order valence-corrected chi connectivity index (χ0v) is 12.5. The Balaban J connectivity index is 2.12. The van der Waals surface area contributed by atoms with Gasteiger partial charge in [-0.25, -0.2) is 0 Å². The van der Waals surface area contributed by atoms with E-state index < -0.39 is 0 Å². The van der Waals surface area contributed by atoms with Crippen molar-refractivity contribution in [3.63, 3.8) is 0 Å². The molecule has 1 unspecified atom stereocenters. The van der Waals surface area contributed by atoms with E-state index >= 15 is 0 Å². The summed E-state index contributed by atoms with van der Waals surface area (Å²) in [5.74, 6) is 0. The van der Waals surface area contributed by atoms with Gasteiger partial charge in [-0.05, 0) is 47.1 Å². The Hall–Kier alpha value is -0.980. The van der Waals surface area contributed by atoms with E-state index in [1.54, 1.807) is 12.1 Å². The Morgan fingerprint density at radius 2 is 2.37 bits per heavy atom. The smallest absolute Gasteiger partial charge is 0.283 e. The molecule has 1 aliphatic rings. The van der Waals surface area contributed by atoms with Gasteiger partial charge >= 0.3 is 0 Å². The Kier molecular flexibility index (Phi) is 4.90. The van der Waals surface area contributed by atoms with Crippen LogP contribution in [0, 0.1) is 10.1 Å². The fraction of sp³-hybridized carbons (Fsp3) is 0.538. The number of hydrogen-bond donors (Lipinski definition) is 1. The van der Waals surface area contributed by atoms with Crippen molar-refractivity contribution in [2.45, 2.75) is 25.9 Å². The molecule has 2 rings (SSSR count). The highest BCUT2D eigenvalue weighted by molar-refractivity contribution is 9.10. The highest BCUT2D eigenvalue weighted by Gasteiger charge is 2.22. The lowest BCUT2D eigenvalue weighted by atomic mass is 10.1. The molecule has 1 fully saturated rings. The van der Waals surface area contributed by atoms with Gasteiger partial charge in [-0.2, -0.15) is 0 Å². The van der Waals surface area contributed by atoms with Gasteiger partial charge in [0.25, 0.3) is 5.69 Å². The van der Waals surface area contributed by atoms with Crippen molar-refractivity contribution in [3.8, 4) is 0 Å². The first-order valence-electron chi connectivity index (χ1n) is 6.49. The van der Waals surface area contributed by atoms with Gasteiger partial charge < -0.3 is 5.32 Å². The predicted octanol–water partition coefficient (Wildman–Crippen LogP) is 2.54. The maximum atomic E-state index is 10.9. The fourth-order valence-corrected chi connectivity index (χ4v) is 2.87. The standard InChI is InChI=1S/C13H18BrN3O2/c1-2-16(11-5-6-15-8-11)9-10-3-4-12(14)13(7-10)17(18)19/h3-4,7,11,15H,2,5-6,8-9H2,1H3. The summed E-state index contributed by atoms with van der Waals surface area (Å²) in [6.07, 6.45) is 1.15. The summed E-state index contributed by atoms with van der Waals surface area (Å²) >= 11 is 3.22. The van der Waals surface area contributed by atoms with Gasteiger partial charge in [0.15, 0.2) is 0 Å². The monoisotopic (exact) mass is 327 g/mol. The molecule has 1 atom stereocenters. The van der Waals surface area contributed by atoms with Crippen molar-refractivity contribution in [2.24, 2.45) is 0 Å². The van der Waals surface area contributed by atoms with Gasteiger partial charge in [-0.1, -0.05) is 13.0 Å². The number of hydrogen-bond acceptors (Lipinski definition) is 4. The normalized spacial score (nSPS) is 19.0. The van der Waals surface area contributed by atoms with Crippen molar-refractivity contribution in [1.82, 2.24) is 10.2 Å². The van der Waals surface area contributed by atoms with Gasteiger partial charge in [-0.15, -0.1) is 0 Å². The van der Waals surface area contributed by atoms with Crippen LogP contribution in [0.25, 0.3) is 0 Å². The van der Waals surface area contributed by atoms with E-state index in [1.807, 2.05) is 6.07 Å². The third kappa shape index (κ3) is 3.52. The minimum atomic E-state index is -0.346. The van der Waals surface area contributed by atoms with E-state index in [-0.39, 0.29) is 10.6 Å². The van der Waals surface area contributed by atoms with Crippen LogP contribution in [0.3, 0.4) is 0 Å². The Bertz CT molecular complexity index is 461. The van der Waals surface area contributed by atoms with E-state index in [9.17, 15) is 10.1 Å². The first kappa shape index (κ1) is 14.4. The van der Waals surface area contributed by atoms with Crippen LogP contribution in [0.2, 0.25) is 0 Å². The Morgan fingerprint density at radius 3 is 2.95 bits per heavy atom. The van der Waals surface area contributed by atoms with E-state index in [1.165, 1.54) is 0 Å². The molecule has 0 amide bonds. The van der Waals surface area contributed by atoms with Crippen LogP contribution in [-0.2, 0) is 6.54 Å². The molecule has 1 aromatic carbocycles. The van der Waals surface area contributed by atoms with Crippen LogP contribution in [0.1, 0.15) is 18.9 Å². The van der Waals surface area contributed by atoms with E-state index in [0.717, 1.165) is 38.2 Å². The van der Waals surface area contributed by atoms with Crippen molar-refractivity contribution in [2.75, 3.05) is 19.6 Å². The number of rotatable bonds is 5. The number of nitrogens with one attached hydrogen (secondary N) is 1. The molecule has 5 nitrogen and oxygen atoms in total. The number of nitrogens with zero attached hydrogens (tertiary/aromatic N) is 2. The van der Waals surface area contributed by atoms with Crippen LogP contribution in [0.15, 0.2) is 22.7 Å².